The van der Waals surface area contributed by atoms with E-state index < -0.39 is 0 Å². The van der Waals surface area contributed by atoms with Crippen LogP contribution in [0.1, 0.15) is 27.2 Å². The van der Waals surface area contributed by atoms with E-state index in [1.807, 2.05) is 13.0 Å². The summed E-state index contributed by atoms with van der Waals surface area (Å²) < 4.78 is 10.1. The third-order valence-electron chi connectivity index (χ3n) is 2.19. The van der Waals surface area contributed by atoms with Gasteiger partial charge in [-0.15, -0.1) is 0 Å². The van der Waals surface area contributed by atoms with Crippen molar-refractivity contribution in [3.05, 3.63) is 11.6 Å². The lowest BCUT2D eigenvalue weighted by Crippen LogP contribution is -2.38. The van der Waals surface area contributed by atoms with Gasteiger partial charge in [0.05, 0.1) is 19.8 Å². The molecule has 0 bridgehead atoms. The van der Waals surface area contributed by atoms with E-state index in [9.17, 15) is 4.79 Å². The van der Waals surface area contributed by atoms with Gasteiger partial charge in [0, 0.05) is 11.0 Å². The van der Waals surface area contributed by atoms with Crippen LogP contribution < -0.4 is 0 Å². The summed E-state index contributed by atoms with van der Waals surface area (Å²) in [5.41, 5.74) is 0.722. The molecule has 0 aromatic rings. The summed E-state index contributed by atoms with van der Waals surface area (Å²) in [6.07, 6.45) is 2.81. The molecule has 1 heterocycles. The molecule has 1 aliphatic heterocycles. The molecule has 0 saturated carbocycles. The van der Waals surface area contributed by atoms with Gasteiger partial charge in [0.2, 0.25) is 0 Å². The minimum absolute atomic E-state index is 0.0370. The summed E-state index contributed by atoms with van der Waals surface area (Å²) in [5, 5.41) is 0. The highest BCUT2D eigenvalue weighted by atomic mass is 16.5. The van der Waals surface area contributed by atoms with Crippen LogP contribution in [0, 0.1) is 5.41 Å². The molecule has 1 fully saturated rings. The summed E-state index contributed by atoms with van der Waals surface area (Å²) in [4.78, 5) is 11.4. The number of carbonyl (C=O) groups excluding carboxylic acids is 1. The van der Waals surface area contributed by atoms with Crippen LogP contribution in [0.15, 0.2) is 11.6 Å². The van der Waals surface area contributed by atoms with Crippen LogP contribution in [0.5, 0.6) is 0 Å². The zero-order chi connectivity index (χ0) is 10.6. The van der Waals surface area contributed by atoms with Crippen molar-refractivity contribution in [3.63, 3.8) is 0 Å². The van der Waals surface area contributed by atoms with Crippen molar-refractivity contribution in [2.45, 2.75) is 27.2 Å². The van der Waals surface area contributed by atoms with E-state index in [4.69, 9.17) is 9.47 Å². The highest BCUT2D eigenvalue weighted by molar-refractivity contribution is 5.87. The van der Waals surface area contributed by atoms with Crippen molar-refractivity contribution in [2.24, 2.45) is 5.41 Å². The van der Waals surface area contributed by atoms with Crippen LogP contribution in [0.4, 0.5) is 0 Å². The molecule has 0 radical (unpaired) electrons. The Bertz CT molecular complexity index is 239. The van der Waals surface area contributed by atoms with E-state index in [2.05, 4.69) is 6.92 Å². The molecule has 0 atom stereocenters. The Morgan fingerprint density at radius 3 is 2.64 bits per heavy atom. The fourth-order valence-electron chi connectivity index (χ4n) is 1.40. The minimum Gasteiger partial charge on any atom is -0.462 e. The highest BCUT2D eigenvalue weighted by Crippen LogP contribution is 2.29. The van der Waals surface area contributed by atoms with Gasteiger partial charge < -0.3 is 9.47 Å². The number of hydrogen-bond donors (Lipinski definition) is 0. The molecule has 14 heavy (non-hydrogen) atoms. The van der Waals surface area contributed by atoms with E-state index in [0.717, 1.165) is 6.42 Å². The molecule has 0 aromatic carbocycles. The molecule has 3 heteroatoms. The van der Waals surface area contributed by atoms with Crippen molar-refractivity contribution in [1.82, 2.24) is 0 Å². The van der Waals surface area contributed by atoms with Crippen LogP contribution in [0.2, 0.25) is 0 Å². The minimum atomic E-state index is -0.208. The summed E-state index contributed by atoms with van der Waals surface area (Å²) in [6.45, 7) is 7.75. The van der Waals surface area contributed by atoms with Crippen molar-refractivity contribution >= 4 is 5.97 Å². The van der Waals surface area contributed by atoms with Crippen molar-refractivity contribution in [1.29, 1.82) is 0 Å². The van der Waals surface area contributed by atoms with Gasteiger partial charge >= 0.3 is 5.97 Å². The Labute approximate surface area is 85.1 Å². The standard InChI is InChI=1S/C11H18O3/c1-4-5-14-10(12)9(2)6-11(3)7-13-8-11/h6H,4-5,7-8H2,1-3H3. The fraction of sp³-hybridized carbons (Fsp3) is 0.727. The molecule has 80 valence electrons. The summed E-state index contributed by atoms with van der Waals surface area (Å²) >= 11 is 0. The molecule has 0 spiro atoms. The fourth-order valence-corrected chi connectivity index (χ4v) is 1.40. The van der Waals surface area contributed by atoms with Gasteiger partial charge in [-0.3, -0.25) is 0 Å². The average Bonchev–Trinajstić information content (AvgIpc) is 2.11. The molecule has 0 aliphatic carbocycles. The normalized spacial score (nSPS) is 20.1. The Balaban J connectivity index is 2.46. The summed E-state index contributed by atoms with van der Waals surface area (Å²) in [6, 6.07) is 0. The molecular formula is C11H18O3. The van der Waals surface area contributed by atoms with Crippen molar-refractivity contribution in [3.8, 4) is 0 Å². The number of ether oxygens (including phenoxy) is 2. The highest BCUT2D eigenvalue weighted by Gasteiger charge is 2.31. The van der Waals surface area contributed by atoms with Crippen LogP contribution in [-0.4, -0.2) is 25.8 Å². The maximum atomic E-state index is 11.4. The topological polar surface area (TPSA) is 35.5 Å². The molecule has 3 nitrogen and oxygen atoms in total. The zero-order valence-corrected chi connectivity index (χ0v) is 9.13. The molecule has 0 unspecified atom stereocenters. The van der Waals surface area contributed by atoms with Gasteiger partial charge in [0.1, 0.15) is 0 Å². The Kier molecular flexibility index (Phi) is 3.69. The van der Waals surface area contributed by atoms with Crippen LogP contribution >= 0.6 is 0 Å². The van der Waals surface area contributed by atoms with Gasteiger partial charge in [0.15, 0.2) is 0 Å². The van der Waals surface area contributed by atoms with Crippen molar-refractivity contribution < 1.29 is 14.3 Å². The number of carbonyl (C=O) groups is 1. The van der Waals surface area contributed by atoms with E-state index in [0.29, 0.717) is 25.4 Å². The van der Waals surface area contributed by atoms with Crippen LogP contribution in [0.25, 0.3) is 0 Å². The van der Waals surface area contributed by atoms with Gasteiger partial charge in [0.25, 0.3) is 0 Å². The van der Waals surface area contributed by atoms with Crippen LogP contribution in [-0.2, 0) is 14.3 Å². The monoisotopic (exact) mass is 198 g/mol. The second-order valence-corrected chi connectivity index (χ2v) is 4.11. The molecule has 0 amide bonds. The zero-order valence-electron chi connectivity index (χ0n) is 9.13. The van der Waals surface area contributed by atoms with Crippen LogP contribution in [0.3, 0.4) is 0 Å². The molecule has 0 aromatic heterocycles. The van der Waals surface area contributed by atoms with Gasteiger partial charge in [-0.2, -0.15) is 0 Å². The number of esters is 1. The van der Waals surface area contributed by atoms with Gasteiger partial charge in [-0.05, 0) is 13.3 Å². The van der Waals surface area contributed by atoms with E-state index >= 15 is 0 Å². The first-order valence-corrected chi connectivity index (χ1v) is 5.02. The second kappa shape index (κ2) is 4.60. The summed E-state index contributed by atoms with van der Waals surface area (Å²) in [5.74, 6) is -0.208. The number of rotatable bonds is 4. The van der Waals surface area contributed by atoms with Crippen molar-refractivity contribution in [2.75, 3.05) is 19.8 Å². The lowest BCUT2D eigenvalue weighted by molar-refractivity contribution is -0.139. The average molecular weight is 198 g/mol. The molecule has 1 rings (SSSR count). The Hall–Kier alpha value is -0.830. The summed E-state index contributed by atoms with van der Waals surface area (Å²) in [7, 11) is 0. The van der Waals surface area contributed by atoms with E-state index in [1.165, 1.54) is 0 Å². The molecule has 1 saturated heterocycles. The van der Waals surface area contributed by atoms with E-state index in [1.54, 1.807) is 6.92 Å². The SMILES string of the molecule is CCCOC(=O)C(C)=CC1(C)COC1. The number of hydrogen-bond acceptors (Lipinski definition) is 3. The first-order chi connectivity index (χ1) is 6.57. The smallest absolute Gasteiger partial charge is 0.333 e. The quantitative estimate of drug-likeness (QED) is 0.511. The largest absolute Gasteiger partial charge is 0.462 e. The molecule has 0 N–H and O–H groups in total. The molecular weight excluding hydrogens is 180 g/mol. The first kappa shape index (κ1) is 11.2. The predicted molar refractivity (Wildman–Crippen MR) is 53.9 cm³/mol. The maximum Gasteiger partial charge on any atom is 0.333 e. The van der Waals surface area contributed by atoms with Gasteiger partial charge in [-0.25, -0.2) is 4.79 Å². The maximum absolute atomic E-state index is 11.4. The predicted octanol–water partition coefficient (Wildman–Crippen LogP) is 1.92. The lowest BCUT2D eigenvalue weighted by Gasteiger charge is -2.35. The Morgan fingerprint density at radius 1 is 1.57 bits per heavy atom. The lowest BCUT2D eigenvalue weighted by atomic mass is 9.87. The first-order valence-electron chi connectivity index (χ1n) is 5.02. The second-order valence-electron chi connectivity index (χ2n) is 4.11. The van der Waals surface area contributed by atoms with Gasteiger partial charge in [-0.1, -0.05) is 19.9 Å². The molecule has 1 aliphatic rings. The third kappa shape index (κ3) is 2.84. The Morgan fingerprint density at radius 2 is 2.21 bits per heavy atom. The van der Waals surface area contributed by atoms with E-state index in [-0.39, 0.29) is 11.4 Å². The third-order valence-corrected chi connectivity index (χ3v) is 2.19.